The summed E-state index contributed by atoms with van der Waals surface area (Å²) >= 11 is 0. The predicted molar refractivity (Wildman–Crippen MR) is 55.0 cm³/mol. The number of carboxylic acid groups (broad SMARTS) is 1. The first-order chi connectivity index (χ1) is 6.31. The van der Waals surface area contributed by atoms with Gasteiger partial charge in [-0.05, 0) is 27.2 Å². The van der Waals surface area contributed by atoms with Crippen LogP contribution in [0.2, 0.25) is 0 Å². The molecule has 1 atom stereocenters. The Bertz CT molecular complexity index is 190. The van der Waals surface area contributed by atoms with Crippen LogP contribution in [-0.2, 0) is 4.79 Å². The third-order valence-corrected chi connectivity index (χ3v) is 2.19. The molecule has 14 heavy (non-hydrogen) atoms. The fraction of sp³-hybridized carbons (Fsp3) is 0.900. The van der Waals surface area contributed by atoms with Crippen molar-refractivity contribution in [1.29, 1.82) is 0 Å². The highest BCUT2D eigenvalue weighted by molar-refractivity contribution is 5.67. The highest BCUT2D eigenvalue weighted by atomic mass is 16.4. The maximum atomic E-state index is 10.6. The van der Waals surface area contributed by atoms with E-state index in [4.69, 9.17) is 5.11 Å². The summed E-state index contributed by atoms with van der Waals surface area (Å²) in [4.78, 5) is 12.4. The average molecular weight is 203 g/mol. The molecule has 1 unspecified atom stereocenters. The van der Waals surface area contributed by atoms with Crippen molar-refractivity contribution >= 4 is 5.97 Å². The first-order valence-electron chi connectivity index (χ1n) is 5.02. The van der Waals surface area contributed by atoms with Crippen molar-refractivity contribution in [2.45, 2.75) is 52.3 Å². The van der Waals surface area contributed by atoms with Crippen molar-refractivity contribution in [2.24, 2.45) is 0 Å². The fourth-order valence-corrected chi connectivity index (χ4v) is 1.68. The standard InChI is InChI=1S/C10H21NO3/c1-5-6-11(8(2)3)10(4,14)7-9(12)13/h8,14H,5-7H2,1-4H3,(H,12,13). The minimum atomic E-state index is -1.25. The Morgan fingerprint density at radius 1 is 1.50 bits per heavy atom. The molecule has 0 aromatic heterocycles. The quantitative estimate of drug-likeness (QED) is 0.639. The van der Waals surface area contributed by atoms with Gasteiger partial charge in [-0.3, -0.25) is 9.69 Å². The molecule has 0 bridgehead atoms. The molecule has 0 rings (SSSR count). The molecule has 0 spiro atoms. The number of aliphatic carboxylic acids is 1. The number of hydrogen-bond acceptors (Lipinski definition) is 3. The largest absolute Gasteiger partial charge is 0.481 e. The third kappa shape index (κ3) is 4.07. The molecule has 2 N–H and O–H groups in total. The van der Waals surface area contributed by atoms with E-state index in [1.165, 1.54) is 0 Å². The van der Waals surface area contributed by atoms with E-state index >= 15 is 0 Å². The minimum absolute atomic E-state index is 0.143. The van der Waals surface area contributed by atoms with E-state index in [9.17, 15) is 9.90 Å². The van der Waals surface area contributed by atoms with Crippen molar-refractivity contribution in [3.63, 3.8) is 0 Å². The predicted octanol–water partition coefficient (Wildman–Crippen LogP) is 1.29. The Morgan fingerprint density at radius 3 is 2.29 bits per heavy atom. The van der Waals surface area contributed by atoms with Crippen LogP contribution >= 0.6 is 0 Å². The fourth-order valence-electron chi connectivity index (χ4n) is 1.68. The Hall–Kier alpha value is -0.610. The van der Waals surface area contributed by atoms with Gasteiger partial charge in [0.15, 0.2) is 0 Å². The summed E-state index contributed by atoms with van der Waals surface area (Å²) in [7, 11) is 0. The highest BCUT2D eigenvalue weighted by Gasteiger charge is 2.32. The Balaban J connectivity index is 4.52. The molecule has 4 heteroatoms. The van der Waals surface area contributed by atoms with Crippen molar-refractivity contribution in [3.05, 3.63) is 0 Å². The Morgan fingerprint density at radius 2 is 2.00 bits per heavy atom. The number of carboxylic acids is 1. The smallest absolute Gasteiger partial charge is 0.307 e. The second-order valence-electron chi connectivity index (χ2n) is 4.07. The van der Waals surface area contributed by atoms with Crippen LogP contribution in [0.3, 0.4) is 0 Å². The van der Waals surface area contributed by atoms with Crippen LogP contribution in [0.15, 0.2) is 0 Å². The molecule has 0 heterocycles. The number of aliphatic hydroxyl groups is 1. The lowest BCUT2D eigenvalue weighted by Gasteiger charge is -2.38. The van der Waals surface area contributed by atoms with E-state index in [1.807, 2.05) is 20.8 Å². The van der Waals surface area contributed by atoms with Crippen molar-refractivity contribution in [1.82, 2.24) is 4.90 Å². The summed E-state index contributed by atoms with van der Waals surface area (Å²) in [5.41, 5.74) is -1.25. The van der Waals surface area contributed by atoms with Gasteiger partial charge >= 0.3 is 5.97 Å². The van der Waals surface area contributed by atoms with Crippen molar-refractivity contribution in [3.8, 4) is 0 Å². The molecule has 0 aliphatic rings. The maximum absolute atomic E-state index is 10.6. The summed E-state index contributed by atoms with van der Waals surface area (Å²) in [5, 5.41) is 18.7. The average Bonchev–Trinajstić information content (AvgIpc) is 1.96. The summed E-state index contributed by atoms with van der Waals surface area (Å²) in [6.07, 6.45) is 0.652. The van der Waals surface area contributed by atoms with Gasteiger partial charge in [0.05, 0.1) is 6.42 Å². The van der Waals surface area contributed by atoms with E-state index in [0.717, 1.165) is 6.42 Å². The SMILES string of the molecule is CCCN(C(C)C)C(C)(O)CC(=O)O. The maximum Gasteiger partial charge on any atom is 0.307 e. The summed E-state index contributed by atoms with van der Waals surface area (Å²) in [6, 6.07) is 0.143. The molecule has 0 radical (unpaired) electrons. The lowest BCUT2D eigenvalue weighted by Crippen LogP contribution is -2.51. The molecule has 0 saturated heterocycles. The van der Waals surface area contributed by atoms with Crippen LogP contribution < -0.4 is 0 Å². The Labute approximate surface area is 85.5 Å². The molecule has 0 amide bonds. The number of carbonyl (C=O) groups is 1. The van der Waals surface area contributed by atoms with Crippen molar-refractivity contribution < 1.29 is 15.0 Å². The zero-order valence-corrected chi connectivity index (χ0v) is 9.45. The van der Waals surface area contributed by atoms with Crippen LogP contribution in [0.25, 0.3) is 0 Å². The minimum Gasteiger partial charge on any atom is -0.481 e. The van der Waals surface area contributed by atoms with Gasteiger partial charge in [0.1, 0.15) is 5.72 Å². The molecule has 0 aliphatic carbocycles. The van der Waals surface area contributed by atoms with Crippen LogP contribution in [0.4, 0.5) is 0 Å². The molecule has 84 valence electrons. The molecule has 0 aliphatic heterocycles. The van der Waals surface area contributed by atoms with Crippen LogP contribution in [0, 0.1) is 0 Å². The highest BCUT2D eigenvalue weighted by Crippen LogP contribution is 2.19. The van der Waals surface area contributed by atoms with Gasteiger partial charge in [-0.2, -0.15) is 0 Å². The van der Waals surface area contributed by atoms with Gasteiger partial charge in [-0.1, -0.05) is 6.92 Å². The van der Waals surface area contributed by atoms with Crippen LogP contribution in [0.1, 0.15) is 40.5 Å². The first-order valence-corrected chi connectivity index (χ1v) is 5.02. The van der Waals surface area contributed by atoms with Gasteiger partial charge in [0.25, 0.3) is 0 Å². The lowest BCUT2D eigenvalue weighted by molar-refractivity contribution is -0.157. The zero-order chi connectivity index (χ0) is 11.4. The summed E-state index contributed by atoms with van der Waals surface area (Å²) < 4.78 is 0. The van der Waals surface area contributed by atoms with Crippen LogP contribution in [-0.4, -0.2) is 39.4 Å². The summed E-state index contributed by atoms with van der Waals surface area (Å²) in [6.45, 7) is 8.17. The van der Waals surface area contributed by atoms with Gasteiger partial charge < -0.3 is 10.2 Å². The Kier molecular flexibility index (Phi) is 5.08. The lowest BCUT2D eigenvalue weighted by atomic mass is 10.1. The van der Waals surface area contributed by atoms with Crippen LogP contribution in [0.5, 0.6) is 0 Å². The van der Waals surface area contributed by atoms with E-state index in [1.54, 1.807) is 11.8 Å². The topological polar surface area (TPSA) is 60.8 Å². The first kappa shape index (κ1) is 13.4. The molecule has 0 saturated carbocycles. The number of nitrogens with zero attached hydrogens (tertiary/aromatic N) is 1. The molecule has 4 nitrogen and oxygen atoms in total. The second-order valence-corrected chi connectivity index (χ2v) is 4.07. The van der Waals surface area contributed by atoms with E-state index < -0.39 is 11.7 Å². The third-order valence-electron chi connectivity index (χ3n) is 2.19. The molecule has 0 fully saturated rings. The van der Waals surface area contributed by atoms with Gasteiger partial charge in [-0.15, -0.1) is 0 Å². The molecular weight excluding hydrogens is 182 g/mol. The molecule has 0 aromatic rings. The van der Waals surface area contributed by atoms with Gasteiger partial charge in [0, 0.05) is 12.6 Å². The van der Waals surface area contributed by atoms with Gasteiger partial charge in [0.2, 0.25) is 0 Å². The number of hydrogen-bond donors (Lipinski definition) is 2. The zero-order valence-electron chi connectivity index (χ0n) is 9.45. The second kappa shape index (κ2) is 5.32. The van der Waals surface area contributed by atoms with E-state index in [-0.39, 0.29) is 12.5 Å². The summed E-state index contributed by atoms with van der Waals surface area (Å²) in [5.74, 6) is -0.975. The normalized spacial score (nSPS) is 15.9. The molecule has 0 aromatic carbocycles. The van der Waals surface area contributed by atoms with E-state index in [2.05, 4.69) is 0 Å². The van der Waals surface area contributed by atoms with E-state index in [0.29, 0.717) is 6.54 Å². The van der Waals surface area contributed by atoms with Gasteiger partial charge in [-0.25, -0.2) is 0 Å². The van der Waals surface area contributed by atoms with Crippen molar-refractivity contribution in [2.75, 3.05) is 6.54 Å². The molecular formula is C10H21NO3. The number of rotatable bonds is 6. The monoisotopic (exact) mass is 203 g/mol.